The number of anilines is 2. The molecule has 29 heavy (non-hydrogen) atoms. The van der Waals surface area contributed by atoms with Crippen LogP contribution in [0, 0.1) is 11.6 Å². The lowest BCUT2D eigenvalue weighted by Gasteiger charge is -2.32. The summed E-state index contributed by atoms with van der Waals surface area (Å²) < 4.78 is 26.4. The van der Waals surface area contributed by atoms with E-state index in [0.717, 1.165) is 47.5 Å². The van der Waals surface area contributed by atoms with Crippen LogP contribution < -0.4 is 15.1 Å². The van der Waals surface area contributed by atoms with E-state index in [-0.39, 0.29) is 35.1 Å². The fraction of sp³-hybridized carbons (Fsp3) is 0.333. The van der Waals surface area contributed by atoms with Crippen molar-refractivity contribution in [3.63, 3.8) is 0 Å². The maximum atomic E-state index is 13.4. The molecule has 0 spiro atoms. The molecule has 2 N–H and O–H groups in total. The predicted octanol–water partition coefficient (Wildman–Crippen LogP) is 2.41. The number of hydrogen-bond acceptors (Lipinski definition) is 3. The molecule has 0 aromatic heterocycles. The van der Waals surface area contributed by atoms with Gasteiger partial charge in [0.25, 0.3) is 5.91 Å². The predicted molar refractivity (Wildman–Crippen MR) is 106 cm³/mol. The lowest BCUT2D eigenvalue weighted by molar-refractivity contribution is -0.919. The Morgan fingerprint density at radius 2 is 1.72 bits per heavy atom. The van der Waals surface area contributed by atoms with Gasteiger partial charge in [-0.25, -0.2) is 13.7 Å². The monoisotopic (exact) mass is 420 g/mol. The summed E-state index contributed by atoms with van der Waals surface area (Å²) in [6.07, 6.45) is 1.82. The number of amides is 2. The summed E-state index contributed by atoms with van der Waals surface area (Å²) in [7, 11) is 0. The Labute approximate surface area is 172 Å². The van der Waals surface area contributed by atoms with Gasteiger partial charge in [-0.3, -0.25) is 9.59 Å². The van der Waals surface area contributed by atoms with E-state index < -0.39 is 11.9 Å². The zero-order valence-corrected chi connectivity index (χ0v) is 16.4. The van der Waals surface area contributed by atoms with E-state index in [0.29, 0.717) is 5.69 Å². The number of imide groups is 1. The molecule has 0 radical (unpaired) electrons. The lowest BCUT2D eigenvalue weighted by Crippen LogP contribution is -3.17. The third kappa shape index (κ3) is 4.11. The number of nitrogens with zero attached hydrogens (tertiary/aromatic N) is 1. The van der Waals surface area contributed by atoms with Crippen LogP contribution in [0.3, 0.4) is 0 Å². The van der Waals surface area contributed by atoms with Crippen LogP contribution in [0.15, 0.2) is 42.5 Å². The highest BCUT2D eigenvalue weighted by molar-refractivity contribution is 6.31. The number of nitrogens with one attached hydrogen (secondary N) is 2. The number of carbonyl (C=O) groups excluding carboxylic acids is 2. The highest BCUT2D eigenvalue weighted by Gasteiger charge is 2.46. The number of likely N-dealkylation sites (tertiary alicyclic amines) is 1. The molecule has 2 saturated heterocycles. The maximum absolute atomic E-state index is 13.4. The molecule has 152 valence electrons. The average Bonchev–Trinajstić information content (AvgIpc) is 3.01. The average molecular weight is 421 g/mol. The molecular weight excluding hydrogens is 400 g/mol. The molecule has 0 aliphatic carbocycles. The number of hydrogen-bond donors (Lipinski definition) is 2. The van der Waals surface area contributed by atoms with E-state index >= 15 is 0 Å². The topological polar surface area (TPSA) is 53.9 Å². The van der Waals surface area contributed by atoms with Crippen molar-refractivity contribution >= 4 is 34.8 Å². The van der Waals surface area contributed by atoms with Gasteiger partial charge < -0.3 is 10.2 Å². The third-order valence-electron chi connectivity index (χ3n) is 5.64. The highest BCUT2D eigenvalue weighted by atomic mass is 35.5. The second-order valence-electron chi connectivity index (χ2n) is 7.51. The first-order chi connectivity index (χ1) is 13.9. The third-order valence-corrected chi connectivity index (χ3v) is 5.93. The Kier molecular flexibility index (Phi) is 5.52. The van der Waals surface area contributed by atoms with Gasteiger partial charge in [0.2, 0.25) is 5.91 Å². The zero-order chi connectivity index (χ0) is 20.5. The van der Waals surface area contributed by atoms with Gasteiger partial charge in [-0.2, -0.15) is 0 Å². The van der Waals surface area contributed by atoms with Gasteiger partial charge >= 0.3 is 0 Å². The van der Waals surface area contributed by atoms with E-state index in [1.54, 1.807) is 12.1 Å². The van der Waals surface area contributed by atoms with Crippen molar-refractivity contribution < 1.29 is 23.3 Å². The number of benzene rings is 2. The molecule has 5 nitrogen and oxygen atoms in total. The van der Waals surface area contributed by atoms with Gasteiger partial charge in [0.15, 0.2) is 6.04 Å². The number of carbonyl (C=O) groups is 2. The molecule has 1 atom stereocenters. The Hall–Kier alpha value is -2.51. The molecular formula is C21H21ClF2N3O2+. The molecule has 2 aromatic carbocycles. The molecule has 8 heteroatoms. The van der Waals surface area contributed by atoms with Gasteiger partial charge in [0.1, 0.15) is 11.6 Å². The molecule has 2 heterocycles. The van der Waals surface area contributed by atoms with Gasteiger partial charge in [0.05, 0.1) is 30.2 Å². The van der Waals surface area contributed by atoms with E-state index in [9.17, 15) is 18.4 Å². The largest absolute Gasteiger partial charge is 0.382 e. The Morgan fingerprint density at radius 3 is 2.38 bits per heavy atom. The van der Waals surface area contributed by atoms with Crippen molar-refractivity contribution in [2.24, 2.45) is 0 Å². The fourth-order valence-corrected chi connectivity index (χ4v) is 4.28. The SMILES string of the molecule is O=C1C[C@H]([NH+]2CCC(Nc3ccc(F)cc3)CC2)C(=O)N1c1ccc(F)c(Cl)c1. The maximum Gasteiger partial charge on any atom is 0.292 e. The van der Waals surface area contributed by atoms with Gasteiger partial charge in [-0.05, 0) is 42.5 Å². The highest BCUT2D eigenvalue weighted by Crippen LogP contribution is 2.27. The summed E-state index contributed by atoms with van der Waals surface area (Å²) in [5, 5.41) is 3.27. The second-order valence-corrected chi connectivity index (χ2v) is 7.91. The molecule has 0 bridgehead atoms. The standard InChI is InChI=1S/C21H20ClF2N3O2/c22-17-11-16(5-6-18(17)24)27-20(28)12-19(21(27)29)26-9-7-15(8-10-26)25-14-3-1-13(23)2-4-14/h1-6,11,15,19,25H,7-10,12H2/p+1/t19-/m0/s1. The Bertz CT molecular complexity index is 930. The first kappa shape index (κ1) is 19.8. The van der Waals surface area contributed by atoms with E-state index in [2.05, 4.69) is 5.32 Å². The summed E-state index contributed by atoms with van der Waals surface area (Å²) in [5.41, 5.74) is 1.17. The van der Waals surface area contributed by atoms with E-state index in [1.807, 2.05) is 0 Å². The Morgan fingerprint density at radius 1 is 1.03 bits per heavy atom. The van der Waals surface area contributed by atoms with Crippen LogP contribution in [0.25, 0.3) is 0 Å². The number of quaternary nitrogens is 1. The summed E-state index contributed by atoms with van der Waals surface area (Å²) in [4.78, 5) is 27.6. The quantitative estimate of drug-likeness (QED) is 0.747. The number of rotatable bonds is 4. The van der Waals surface area contributed by atoms with Crippen LogP contribution in [0.2, 0.25) is 5.02 Å². The van der Waals surface area contributed by atoms with Crippen LogP contribution in [0.4, 0.5) is 20.2 Å². The molecule has 2 aliphatic heterocycles. The van der Waals surface area contributed by atoms with E-state index in [1.165, 1.54) is 24.3 Å². The summed E-state index contributed by atoms with van der Waals surface area (Å²) >= 11 is 5.81. The lowest BCUT2D eigenvalue weighted by atomic mass is 10.0. The normalized spacial score (nSPS) is 24.8. The molecule has 0 unspecified atom stereocenters. The van der Waals surface area contributed by atoms with Crippen LogP contribution in [0.5, 0.6) is 0 Å². The van der Waals surface area contributed by atoms with Crippen molar-refractivity contribution in [3.8, 4) is 0 Å². The molecule has 2 aromatic rings. The van der Waals surface area contributed by atoms with Crippen LogP contribution in [-0.2, 0) is 9.59 Å². The molecule has 0 saturated carbocycles. The van der Waals surface area contributed by atoms with Crippen LogP contribution >= 0.6 is 11.6 Å². The van der Waals surface area contributed by atoms with Gasteiger partial charge in [0, 0.05) is 24.6 Å². The molecule has 4 rings (SSSR count). The second kappa shape index (κ2) is 8.08. The number of halogens is 3. The first-order valence-corrected chi connectivity index (χ1v) is 9.98. The minimum Gasteiger partial charge on any atom is -0.382 e. The minimum absolute atomic E-state index is 0.119. The smallest absolute Gasteiger partial charge is 0.292 e. The Balaban J connectivity index is 1.38. The van der Waals surface area contributed by atoms with Crippen molar-refractivity contribution in [2.45, 2.75) is 31.3 Å². The molecule has 2 aliphatic rings. The van der Waals surface area contributed by atoms with Crippen LogP contribution in [0.1, 0.15) is 19.3 Å². The van der Waals surface area contributed by atoms with Crippen molar-refractivity contribution in [1.82, 2.24) is 0 Å². The summed E-state index contributed by atoms with van der Waals surface area (Å²) in [6.45, 7) is 1.50. The van der Waals surface area contributed by atoms with Crippen molar-refractivity contribution in [3.05, 3.63) is 59.1 Å². The number of piperidine rings is 1. The van der Waals surface area contributed by atoms with Gasteiger partial charge in [-0.1, -0.05) is 11.6 Å². The van der Waals surface area contributed by atoms with Gasteiger partial charge in [-0.15, -0.1) is 0 Å². The fourth-order valence-electron chi connectivity index (χ4n) is 4.11. The molecule has 2 fully saturated rings. The first-order valence-electron chi connectivity index (χ1n) is 9.61. The van der Waals surface area contributed by atoms with E-state index in [4.69, 9.17) is 11.6 Å². The van der Waals surface area contributed by atoms with Crippen LogP contribution in [-0.4, -0.2) is 37.0 Å². The summed E-state index contributed by atoms with van der Waals surface area (Å²) in [5.74, 6) is -1.42. The summed E-state index contributed by atoms with van der Waals surface area (Å²) in [6, 6.07) is 9.92. The van der Waals surface area contributed by atoms with Crippen molar-refractivity contribution in [1.29, 1.82) is 0 Å². The molecule has 2 amide bonds. The zero-order valence-electron chi connectivity index (χ0n) is 15.6. The minimum atomic E-state index is -0.590. The van der Waals surface area contributed by atoms with Crippen molar-refractivity contribution in [2.75, 3.05) is 23.3 Å².